The average molecular weight is 275 g/mol. The molecule has 4 heteroatoms. The van der Waals surface area contributed by atoms with Crippen LogP contribution in [0.1, 0.15) is 12.5 Å². The maximum absolute atomic E-state index is 5.98. The van der Waals surface area contributed by atoms with Crippen molar-refractivity contribution in [2.45, 2.75) is 19.5 Å². The summed E-state index contributed by atoms with van der Waals surface area (Å²) in [5.41, 5.74) is 7.37. The highest BCUT2D eigenvalue weighted by atomic mass is 79.9. The zero-order valence-corrected chi connectivity index (χ0v) is 10.6. The predicted octanol–water partition coefficient (Wildman–Crippen LogP) is 2.29. The molecule has 0 aromatic carbocycles. The van der Waals surface area contributed by atoms with E-state index in [1.807, 2.05) is 0 Å². The summed E-state index contributed by atoms with van der Waals surface area (Å²) < 4.78 is 1.21. The van der Waals surface area contributed by atoms with E-state index in [9.17, 15) is 0 Å². The summed E-state index contributed by atoms with van der Waals surface area (Å²) in [5.74, 6) is 0.636. The van der Waals surface area contributed by atoms with Crippen LogP contribution in [0.4, 0.5) is 0 Å². The van der Waals surface area contributed by atoms with Crippen LogP contribution < -0.4 is 5.73 Å². The van der Waals surface area contributed by atoms with Crippen LogP contribution in [0.3, 0.4) is 0 Å². The van der Waals surface area contributed by atoms with Crippen LogP contribution in [0, 0.1) is 5.92 Å². The first kappa shape index (κ1) is 10.6. The van der Waals surface area contributed by atoms with E-state index in [0.717, 1.165) is 19.6 Å². The van der Waals surface area contributed by atoms with Crippen molar-refractivity contribution in [2.24, 2.45) is 11.7 Å². The van der Waals surface area contributed by atoms with Gasteiger partial charge in [-0.2, -0.15) is 0 Å². The van der Waals surface area contributed by atoms with Gasteiger partial charge in [-0.3, -0.25) is 4.90 Å². The van der Waals surface area contributed by atoms with Crippen molar-refractivity contribution in [3.63, 3.8) is 0 Å². The first-order valence-electron chi connectivity index (χ1n) is 4.86. The number of likely N-dealkylation sites (tertiary alicyclic amines) is 1. The molecule has 0 aliphatic carbocycles. The third-order valence-electron chi connectivity index (χ3n) is 2.77. The number of hydrogen-bond donors (Lipinski definition) is 1. The molecule has 78 valence electrons. The van der Waals surface area contributed by atoms with Crippen molar-refractivity contribution in [1.82, 2.24) is 4.90 Å². The molecule has 2 unspecified atom stereocenters. The molecule has 0 bridgehead atoms. The second-order valence-corrected chi connectivity index (χ2v) is 6.38. The predicted molar refractivity (Wildman–Crippen MR) is 64.4 cm³/mol. The van der Waals surface area contributed by atoms with E-state index in [4.69, 9.17) is 5.73 Å². The molecule has 2 heterocycles. The summed E-state index contributed by atoms with van der Waals surface area (Å²) in [6, 6.07) is 2.55. The molecule has 2 N–H and O–H groups in total. The molecule has 2 atom stereocenters. The molecule has 2 rings (SSSR count). The first-order valence-corrected chi connectivity index (χ1v) is 6.53. The number of halogens is 1. The highest BCUT2D eigenvalue weighted by Crippen LogP contribution is 2.23. The Bertz CT molecular complexity index is 303. The van der Waals surface area contributed by atoms with Crippen LogP contribution in [-0.2, 0) is 6.54 Å². The zero-order chi connectivity index (χ0) is 10.1. The highest BCUT2D eigenvalue weighted by molar-refractivity contribution is 9.11. The van der Waals surface area contributed by atoms with E-state index in [2.05, 4.69) is 39.2 Å². The van der Waals surface area contributed by atoms with E-state index in [1.54, 1.807) is 11.3 Å². The lowest BCUT2D eigenvalue weighted by molar-refractivity contribution is 0.319. The van der Waals surface area contributed by atoms with E-state index in [0.29, 0.717) is 12.0 Å². The zero-order valence-electron chi connectivity index (χ0n) is 8.24. The van der Waals surface area contributed by atoms with Gasteiger partial charge in [-0.15, -0.1) is 11.3 Å². The Morgan fingerprint density at radius 2 is 2.43 bits per heavy atom. The Kier molecular flexibility index (Phi) is 3.27. The van der Waals surface area contributed by atoms with Gasteiger partial charge in [-0.1, -0.05) is 6.92 Å². The van der Waals surface area contributed by atoms with E-state index >= 15 is 0 Å². The van der Waals surface area contributed by atoms with Gasteiger partial charge in [0, 0.05) is 25.7 Å². The Labute approximate surface area is 97.2 Å². The van der Waals surface area contributed by atoms with Gasteiger partial charge in [0.05, 0.1) is 3.79 Å². The minimum absolute atomic E-state index is 0.358. The number of rotatable bonds is 2. The van der Waals surface area contributed by atoms with Crippen LogP contribution in [0.25, 0.3) is 0 Å². The maximum Gasteiger partial charge on any atom is 0.0701 e. The van der Waals surface area contributed by atoms with Crippen LogP contribution in [0.5, 0.6) is 0 Å². The molecule has 1 aromatic rings. The second kappa shape index (κ2) is 4.31. The Hall–Kier alpha value is 0.1000. The fraction of sp³-hybridized carbons (Fsp3) is 0.600. The number of thiophene rings is 1. The van der Waals surface area contributed by atoms with Gasteiger partial charge in [-0.25, -0.2) is 0 Å². The van der Waals surface area contributed by atoms with Gasteiger partial charge in [0.15, 0.2) is 0 Å². The summed E-state index contributed by atoms with van der Waals surface area (Å²) >= 11 is 5.23. The van der Waals surface area contributed by atoms with Crippen LogP contribution >= 0.6 is 27.3 Å². The van der Waals surface area contributed by atoms with Crippen LogP contribution in [-0.4, -0.2) is 24.0 Å². The van der Waals surface area contributed by atoms with Gasteiger partial charge in [0.1, 0.15) is 0 Å². The fourth-order valence-corrected chi connectivity index (χ4v) is 3.11. The van der Waals surface area contributed by atoms with Crippen molar-refractivity contribution in [1.29, 1.82) is 0 Å². The lowest BCUT2D eigenvalue weighted by Crippen LogP contribution is -2.28. The molecule has 1 saturated heterocycles. The third kappa shape index (κ3) is 2.37. The molecule has 0 saturated carbocycles. The van der Waals surface area contributed by atoms with Gasteiger partial charge in [0.25, 0.3) is 0 Å². The van der Waals surface area contributed by atoms with E-state index < -0.39 is 0 Å². The summed E-state index contributed by atoms with van der Waals surface area (Å²) in [6.45, 7) is 5.44. The van der Waals surface area contributed by atoms with Gasteiger partial charge in [-0.05, 0) is 38.9 Å². The molecule has 0 amide bonds. The quantitative estimate of drug-likeness (QED) is 0.897. The minimum Gasteiger partial charge on any atom is -0.326 e. The topological polar surface area (TPSA) is 29.3 Å². The summed E-state index contributed by atoms with van der Waals surface area (Å²) in [4.78, 5) is 2.43. The standard InChI is InChI=1S/C10H15BrN2S/c1-7-3-13(5-9(7)12)4-8-2-10(11)14-6-8/h2,6-7,9H,3-5,12H2,1H3. The molecular weight excluding hydrogens is 260 g/mol. The molecule has 1 aliphatic rings. The van der Waals surface area contributed by atoms with Crippen molar-refractivity contribution < 1.29 is 0 Å². The monoisotopic (exact) mass is 274 g/mol. The van der Waals surface area contributed by atoms with E-state index in [-0.39, 0.29) is 0 Å². The molecule has 1 aliphatic heterocycles. The van der Waals surface area contributed by atoms with Crippen LogP contribution in [0.2, 0.25) is 0 Å². The molecule has 0 spiro atoms. The Morgan fingerprint density at radius 1 is 1.64 bits per heavy atom. The molecular formula is C10H15BrN2S. The Morgan fingerprint density at radius 3 is 2.93 bits per heavy atom. The molecule has 1 aromatic heterocycles. The summed E-state index contributed by atoms with van der Waals surface area (Å²) in [6.07, 6.45) is 0. The molecule has 0 radical (unpaired) electrons. The lowest BCUT2D eigenvalue weighted by Gasteiger charge is -2.13. The van der Waals surface area contributed by atoms with Crippen molar-refractivity contribution in [3.8, 4) is 0 Å². The van der Waals surface area contributed by atoms with Gasteiger partial charge < -0.3 is 5.73 Å². The number of hydrogen-bond acceptors (Lipinski definition) is 3. The number of nitrogens with two attached hydrogens (primary N) is 1. The van der Waals surface area contributed by atoms with E-state index in [1.165, 1.54) is 9.35 Å². The van der Waals surface area contributed by atoms with Gasteiger partial charge >= 0.3 is 0 Å². The first-order chi connectivity index (χ1) is 6.65. The summed E-state index contributed by atoms with van der Waals surface area (Å²) in [7, 11) is 0. The Balaban J connectivity index is 1.93. The minimum atomic E-state index is 0.358. The molecule has 1 fully saturated rings. The lowest BCUT2D eigenvalue weighted by atomic mass is 10.1. The van der Waals surface area contributed by atoms with Crippen molar-refractivity contribution >= 4 is 27.3 Å². The highest BCUT2D eigenvalue weighted by Gasteiger charge is 2.26. The van der Waals surface area contributed by atoms with Crippen molar-refractivity contribution in [3.05, 3.63) is 20.8 Å². The van der Waals surface area contributed by atoms with Crippen molar-refractivity contribution in [2.75, 3.05) is 13.1 Å². The molecule has 2 nitrogen and oxygen atoms in total. The number of nitrogens with zero attached hydrogens (tertiary/aromatic N) is 1. The summed E-state index contributed by atoms with van der Waals surface area (Å²) in [5, 5.41) is 2.21. The van der Waals surface area contributed by atoms with Gasteiger partial charge in [0.2, 0.25) is 0 Å². The largest absolute Gasteiger partial charge is 0.326 e. The molecule has 14 heavy (non-hydrogen) atoms. The SMILES string of the molecule is CC1CN(Cc2csc(Br)c2)CC1N. The third-order valence-corrected chi connectivity index (χ3v) is 4.33. The second-order valence-electron chi connectivity index (χ2n) is 4.09. The average Bonchev–Trinajstić information content (AvgIpc) is 2.62. The normalized spacial score (nSPS) is 28.5. The fourth-order valence-electron chi connectivity index (χ4n) is 1.91. The maximum atomic E-state index is 5.98. The smallest absolute Gasteiger partial charge is 0.0701 e. The van der Waals surface area contributed by atoms with Crippen LogP contribution in [0.15, 0.2) is 15.2 Å².